The van der Waals surface area contributed by atoms with Crippen molar-refractivity contribution in [3.63, 3.8) is 0 Å². The van der Waals surface area contributed by atoms with E-state index in [0.29, 0.717) is 18.0 Å². The molecule has 2 rings (SSSR count). The van der Waals surface area contributed by atoms with Crippen LogP contribution in [0.4, 0.5) is 0 Å². The Morgan fingerprint density at radius 1 is 1.25 bits per heavy atom. The molecule has 1 aromatic rings. The topological polar surface area (TPSA) is 57.6 Å². The van der Waals surface area contributed by atoms with Gasteiger partial charge in [0.2, 0.25) is 5.91 Å². The molecule has 0 aliphatic carbocycles. The number of carbonyl (C=O) groups excluding carboxylic acids is 1. The maximum absolute atomic E-state index is 12.1. The highest BCUT2D eigenvalue weighted by Gasteiger charge is 2.30. The average molecular weight is 294 g/mol. The van der Waals surface area contributed by atoms with Crippen LogP contribution in [0.15, 0.2) is 30.3 Å². The molecule has 5 heteroatoms. The van der Waals surface area contributed by atoms with Crippen molar-refractivity contribution in [1.82, 2.24) is 4.90 Å². The number of aliphatic carboxylic acids is 1. The Balaban J connectivity index is 2.06. The van der Waals surface area contributed by atoms with Crippen molar-refractivity contribution in [2.75, 3.05) is 6.54 Å². The highest BCUT2D eigenvalue weighted by atomic mass is 35.5. The summed E-state index contributed by atoms with van der Waals surface area (Å²) in [5, 5.41) is 9.78. The van der Waals surface area contributed by atoms with Gasteiger partial charge in [-0.05, 0) is 43.0 Å². The fraction of sp³-hybridized carbons (Fsp3) is 0.333. The van der Waals surface area contributed by atoms with E-state index in [9.17, 15) is 9.59 Å². The number of rotatable bonds is 3. The zero-order valence-electron chi connectivity index (χ0n) is 11.0. The third-order valence-electron chi connectivity index (χ3n) is 3.36. The van der Waals surface area contributed by atoms with Crippen molar-refractivity contribution in [2.24, 2.45) is 0 Å². The summed E-state index contributed by atoms with van der Waals surface area (Å²) in [5.74, 6) is -1.19. The molecular weight excluding hydrogens is 278 g/mol. The molecule has 1 aliphatic rings. The third-order valence-corrected chi connectivity index (χ3v) is 3.61. The standard InChI is InChI=1S/C15H16ClNO3/c16-12-7-4-11(5-8-12)6-9-14(18)17-10-2-1-3-13(17)15(19)20/h4-9,13H,1-3,10H2,(H,19,20)/b9-6+/t13-/m1/s1. The largest absolute Gasteiger partial charge is 0.480 e. The molecule has 0 spiro atoms. The number of carboxylic acid groups (broad SMARTS) is 1. The Morgan fingerprint density at radius 2 is 1.95 bits per heavy atom. The van der Waals surface area contributed by atoms with E-state index in [4.69, 9.17) is 16.7 Å². The van der Waals surface area contributed by atoms with Crippen LogP contribution in [0, 0.1) is 0 Å². The summed E-state index contributed by atoms with van der Waals surface area (Å²) >= 11 is 5.79. The number of nitrogens with zero attached hydrogens (tertiary/aromatic N) is 1. The number of benzene rings is 1. The van der Waals surface area contributed by atoms with E-state index in [2.05, 4.69) is 0 Å². The molecule has 1 fully saturated rings. The molecular formula is C15H16ClNO3. The molecule has 1 aliphatic heterocycles. The van der Waals surface area contributed by atoms with Gasteiger partial charge in [0.05, 0.1) is 0 Å². The molecule has 0 bridgehead atoms. The van der Waals surface area contributed by atoms with Gasteiger partial charge in [-0.15, -0.1) is 0 Å². The Labute approximate surface area is 122 Å². The zero-order valence-corrected chi connectivity index (χ0v) is 11.7. The monoisotopic (exact) mass is 293 g/mol. The fourth-order valence-electron chi connectivity index (χ4n) is 2.29. The molecule has 0 saturated carbocycles. The second-order valence-electron chi connectivity index (χ2n) is 4.77. The van der Waals surface area contributed by atoms with Crippen molar-refractivity contribution < 1.29 is 14.7 Å². The SMILES string of the molecule is O=C(O)[C@H]1CCCCN1C(=O)/C=C/c1ccc(Cl)cc1. The zero-order chi connectivity index (χ0) is 14.5. The van der Waals surface area contributed by atoms with E-state index in [0.717, 1.165) is 18.4 Å². The van der Waals surface area contributed by atoms with E-state index in [1.807, 2.05) is 0 Å². The molecule has 20 heavy (non-hydrogen) atoms. The first-order valence-electron chi connectivity index (χ1n) is 6.55. The molecule has 1 amide bonds. The van der Waals surface area contributed by atoms with Crippen molar-refractivity contribution in [2.45, 2.75) is 25.3 Å². The Hall–Kier alpha value is -1.81. The van der Waals surface area contributed by atoms with Gasteiger partial charge in [0.25, 0.3) is 0 Å². The molecule has 1 saturated heterocycles. The maximum atomic E-state index is 12.1. The van der Waals surface area contributed by atoms with Crippen LogP contribution in [-0.4, -0.2) is 34.5 Å². The highest BCUT2D eigenvalue weighted by Crippen LogP contribution is 2.18. The summed E-state index contributed by atoms with van der Waals surface area (Å²) in [6.07, 6.45) is 5.32. The van der Waals surface area contributed by atoms with Gasteiger partial charge < -0.3 is 10.0 Å². The molecule has 0 aromatic heterocycles. The first-order valence-corrected chi connectivity index (χ1v) is 6.93. The molecule has 4 nitrogen and oxygen atoms in total. The van der Waals surface area contributed by atoms with Gasteiger partial charge in [-0.1, -0.05) is 23.7 Å². The van der Waals surface area contributed by atoms with E-state index >= 15 is 0 Å². The van der Waals surface area contributed by atoms with Crippen LogP contribution in [0.3, 0.4) is 0 Å². The Bertz CT molecular complexity index is 524. The number of carboxylic acids is 1. The first kappa shape index (κ1) is 14.6. The lowest BCUT2D eigenvalue weighted by molar-refractivity contribution is -0.150. The van der Waals surface area contributed by atoms with Gasteiger partial charge in [-0.3, -0.25) is 4.79 Å². The Morgan fingerprint density at radius 3 is 2.60 bits per heavy atom. The van der Waals surface area contributed by atoms with Gasteiger partial charge in [0.15, 0.2) is 0 Å². The molecule has 0 radical (unpaired) electrons. The average Bonchev–Trinajstić information content (AvgIpc) is 2.46. The van der Waals surface area contributed by atoms with Crippen LogP contribution < -0.4 is 0 Å². The molecule has 1 atom stereocenters. The van der Waals surface area contributed by atoms with Gasteiger partial charge in [0.1, 0.15) is 6.04 Å². The van der Waals surface area contributed by atoms with Crippen LogP contribution in [0.1, 0.15) is 24.8 Å². The van der Waals surface area contributed by atoms with Gasteiger partial charge >= 0.3 is 5.97 Å². The Kier molecular flexibility index (Phi) is 4.79. The molecule has 0 unspecified atom stereocenters. The number of carbonyl (C=O) groups is 2. The van der Waals surface area contributed by atoms with Crippen molar-refractivity contribution in [3.8, 4) is 0 Å². The maximum Gasteiger partial charge on any atom is 0.326 e. The predicted molar refractivity (Wildman–Crippen MR) is 77.5 cm³/mol. The smallest absolute Gasteiger partial charge is 0.326 e. The van der Waals surface area contributed by atoms with Crippen molar-refractivity contribution >= 4 is 29.6 Å². The second kappa shape index (κ2) is 6.57. The van der Waals surface area contributed by atoms with E-state index < -0.39 is 12.0 Å². The highest BCUT2D eigenvalue weighted by molar-refractivity contribution is 6.30. The fourth-order valence-corrected chi connectivity index (χ4v) is 2.42. The second-order valence-corrected chi connectivity index (χ2v) is 5.20. The summed E-state index contributed by atoms with van der Waals surface area (Å²) in [7, 11) is 0. The summed E-state index contributed by atoms with van der Waals surface area (Å²) in [6, 6.07) is 6.39. The summed E-state index contributed by atoms with van der Waals surface area (Å²) in [4.78, 5) is 24.7. The summed E-state index contributed by atoms with van der Waals surface area (Å²) in [5.41, 5.74) is 0.853. The van der Waals surface area contributed by atoms with E-state index in [1.54, 1.807) is 30.3 Å². The number of hydrogen-bond donors (Lipinski definition) is 1. The summed E-state index contributed by atoms with van der Waals surface area (Å²) in [6.45, 7) is 0.501. The summed E-state index contributed by atoms with van der Waals surface area (Å²) < 4.78 is 0. The lowest BCUT2D eigenvalue weighted by atomic mass is 10.0. The van der Waals surface area contributed by atoms with Crippen LogP contribution in [0.25, 0.3) is 6.08 Å². The molecule has 1 N–H and O–H groups in total. The van der Waals surface area contributed by atoms with Gasteiger partial charge in [-0.2, -0.15) is 0 Å². The number of hydrogen-bond acceptors (Lipinski definition) is 2. The van der Waals surface area contributed by atoms with Crippen molar-refractivity contribution in [1.29, 1.82) is 0 Å². The van der Waals surface area contributed by atoms with Crippen molar-refractivity contribution in [3.05, 3.63) is 40.9 Å². The van der Waals surface area contributed by atoms with Gasteiger partial charge in [0, 0.05) is 17.6 Å². The van der Waals surface area contributed by atoms with E-state index in [-0.39, 0.29) is 5.91 Å². The minimum atomic E-state index is -0.932. The normalized spacial score (nSPS) is 19.2. The van der Waals surface area contributed by atoms with Crippen LogP contribution in [0.5, 0.6) is 0 Å². The van der Waals surface area contributed by atoms with E-state index in [1.165, 1.54) is 11.0 Å². The molecule has 1 heterocycles. The number of likely N-dealkylation sites (tertiary alicyclic amines) is 1. The minimum Gasteiger partial charge on any atom is -0.480 e. The number of halogens is 1. The third kappa shape index (κ3) is 3.61. The van der Waals surface area contributed by atoms with Gasteiger partial charge in [-0.25, -0.2) is 4.79 Å². The first-order chi connectivity index (χ1) is 9.58. The lowest BCUT2D eigenvalue weighted by Crippen LogP contribution is -2.47. The van der Waals surface area contributed by atoms with Crippen LogP contribution >= 0.6 is 11.6 Å². The van der Waals surface area contributed by atoms with Crippen LogP contribution in [-0.2, 0) is 9.59 Å². The quantitative estimate of drug-likeness (QED) is 0.872. The predicted octanol–water partition coefficient (Wildman–Crippen LogP) is 2.82. The number of amides is 1. The number of piperidine rings is 1. The lowest BCUT2D eigenvalue weighted by Gasteiger charge is -2.32. The minimum absolute atomic E-state index is 0.257. The van der Waals surface area contributed by atoms with Crippen LogP contribution in [0.2, 0.25) is 5.02 Å². The molecule has 1 aromatic carbocycles. The molecule has 106 valence electrons.